The highest BCUT2D eigenvalue weighted by molar-refractivity contribution is 7.15. The Kier molecular flexibility index (Phi) is 6.28. The highest BCUT2D eigenvalue weighted by Crippen LogP contribution is 2.36. The van der Waals surface area contributed by atoms with Crippen molar-refractivity contribution in [3.05, 3.63) is 81.5 Å². The number of esters is 1. The molecular weight excluding hydrogens is 440 g/mol. The van der Waals surface area contributed by atoms with Crippen LogP contribution in [0.3, 0.4) is 0 Å². The Hall–Kier alpha value is -3.91. The summed E-state index contributed by atoms with van der Waals surface area (Å²) in [7, 11) is 3.27. The second-order valence-electron chi connectivity index (χ2n) is 7.23. The lowest BCUT2D eigenvalue weighted by atomic mass is 10.0. The second-order valence-corrected chi connectivity index (χ2v) is 8.11. The summed E-state index contributed by atoms with van der Waals surface area (Å²) < 4.78 is 12.3. The van der Waals surface area contributed by atoms with E-state index < -0.39 is 17.3 Å². The van der Waals surface area contributed by atoms with Crippen LogP contribution in [0.2, 0.25) is 0 Å². The first-order chi connectivity index (χ1) is 16.0. The van der Waals surface area contributed by atoms with Gasteiger partial charge < -0.3 is 19.4 Å². The van der Waals surface area contributed by atoms with Crippen molar-refractivity contribution in [1.29, 1.82) is 0 Å². The van der Waals surface area contributed by atoms with Gasteiger partial charge in [0.05, 0.1) is 24.6 Å². The number of thiophene rings is 1. The summed E-state index contributed by atoms with van der Waals surface area (Å²) in [5.41, 5.74) is 1.88. The summed E-state index contributed by atoms with van der Waals surface area (Å²) in [6, 6.07) is 14.5. The summed E-state index contributed by atoms with van der Waals surface area (Å²) in [5.74, 6) is -0.606. The van der Waals surface area contributed by atoms with E-state index in [0.29, 0.717) is 27.2 Å². The normalized spacial score (nSPS) is 10.8. The molecule has 2 aromatic carbocycles. The molecule has 0 aliphatic carbocycles. The van der Waals surface area contributed by atoms with Gasteiger partial charge in [-0.05, 0) is 24.6 Å². The molecule has 1 N–H and O–H groups in total. The number of carbonyl (C=O) groups is 2. The number of aryl methyl sites for hydroxylation is 1. The van der Waals surface area contributed by atoms with Crippen LogP contribution < -0.4 is 15.5 Å². The number of hydrogen-bond acceptors (Lipinski definition) is 6. The Labute approximate surface area is 194 Å². The number of hydrogen-bond donors (Lipinski definition) is 1. The average molecular weight is 463 g/mol. The number of ether oxygens (including phenoxy) is 2. The molecule has 0 aliphatic rings. The minimum Gasteiger partial charge on any atom is -0.495 e. The molecule has 0 aliphatic heterocycles. The number of anilines is 1. The van der Waals surface area contributed by atoms with E-state index in [1.54, 1.807) is 42.1 Å². The Morgan fingerprint density at radius 2 is 1.85 bits per heavy atom. The molecule has 0 fully saturated rings. The molecule has 7 nitrogen and oxygen atoms in total. The second kappa shape index (κ2) is 9.30. The molecule has 0 saturated heterocycles. The van der Waals surface area contributed by atoms with Crippen LogP contribution in [-0.2, 0) is 11.8 Å². The molecular formula is C25H22N2O5S. The van der Waals surface area contributed by atoms with Crippen molar-refractivity contribution < 1.29 is 19.1 Å². The van der Waals surface area contributed by atoms with E-state index in [1.165, 1.54) is 24.6 Å². The van der Waals surface area contributed by atoms with Crippen LogP contribution in [0.25, 0.3) is 22.0 Å². The molecule has 8 heteroatoms. The highest BCUT2D eigenvalue weighted by atomic mass is 32.1. The van der Waals surface area contributed by atoms with Crippen molar-refractivity contribution in [3.8, 4) is 16.9 Å². The van der Waals surface area contributed by atoms with Crippen LogP contribution in [0.5, 0.6) is 5.75 Å². The third kappa shape index (κ3) is 4.12. The Morgan fingerprint density at radius 1 is 1.09 bits per heavy atom. The quantitative estimate of drug-likeness (QED) is 0.420. The predicted octanol–water partition coefficient (Wildman–Crippen LogP) is 4.70. The van der Waals surface area contributed by atoms with Crippen LogP contribution >= 0.6 is 11.3 Å². The van der Waals surface area contributed by atoms with E-state index in [2.05, 4.69) is 5.32 Å². The lowest BCUT2D eigenvalue weighted by Crippen LogP contribution is -2.24. The number of benzene rings is 2. The van der Waals surface area contributed by atoms with Crippen LogP contribution in [0.1, 0.15) is 27.6 Å². The van der Waals surface area contributed by atoms with E-state index >= 15 is 0 Å². The number of fused-ring (bicyclic) bond motifs is 1. The third-order valence-electron chi connectivity index (χ3n) is 5.21. The molecule has 4 rings (SSSR count). The number of methoxy groups -OCH3 is 1. The molecule has 2 heterocycles. The fourth-order valence-electron chi connectivity index (χ4n) is 3.71. The summed E-state index contributed by atoms with van der Waals surface area (Å²) in [4.78, 5) is 39.0. The van der Waals surface area contributed by atoms with E-state index in [1.807, 2.05) is 30.3 Å². The van der Waals surface area contributed by atoms with Crippen molar-refractivity contribution in [1.82, 2.24) is 4.57 Å². The highest BCUT2D eigenvalue weighted by Gasteiger charge is 2.24. The SMILES string of the molecule is CCOC(=O)c1c(-c2ccccc2)csc1NC(=O)c1cn(C)c2c(OC)cccc2c1=O. The van der Waals surface area contributed by atoms with Crippen molar-refractivity contribution >= 4 is 39.1 Å². The number of amides is 1. The standard InChI is InChI=1S/C25H22N2O5S/c1-4-32-25(30)20-18(15-9-6-5-7-10-15)14-33-24(20)26-23(29)17-13-27(2)21-16(22(17)28)11-8-12-19(21)31-3/h5-14H,4H2,1-3H3,(H,26,29). The first kappa shape index (κ1) is 22.3. The molecule has 0 bridgehead atoms. The van der Waals surface area contributed by atoms with E-state index in [4.69, 9.17) is 9.47 Å². The lowest BCUT2D eigenvalue weighted by molar-refractivity contribution is 0.0529. The summed E-state index contributed by atoms with van der Waals surface area (Å²) in [6.07, 6.45) is 1.47. The molecule has 0 unspecified atom stereocenters. The van der Waals surface area contributed by atoms with Gasteiger partial charge in [0.15, 0.2) is 0 Å². The summed E-state index contributed by atoms with van der Waals surface area (Å²) in [5, 5.41) is 5.24. The number of pyridine rings is 1. The van der Waals surface area contributed by atoms with Crippen LogP contribution in [-0.4, -0.2) is 30.2 Å². The number of carbonyl (C=O) groups excluding carboxylic acids is 2. The molecule has 33 heavy (non-hydrogen) atoms. The third-order valence-corrected chi connectivity index (χ3v) is 6.11. The van der Waals surface area contributed by atoms with Crippen LogP contribution in [0, 0.1) is 0 Å². The van der Waals surface area contributed by atoms with Gasteiger partial charge in [0.25, 0.3) is 5.91 Å². The van der Waals surface area contributed by atoms with Gasteiger partial charge in [-0.3, -0.25) is 9.59 Å². The Morgan fingerprint density at radius 3 is 2.55 bits per heavy atom. The van der Waals surface area contributed by atoms with Gasteiger partial charge in [-0.2, -0.15) is 0 Å². The smallest absolute Gasteiger partial charge is 0.341 e. The van der Waals surface area contributed by atoms with Gasteiger partial charge in [-0.15, -0.1) is 11.3 Å². The zero-order valence-electron chi connectivity index (χ0n) is 18.4. The van der Waals surface area contributed by atoms with Gasteiger partial charge in [-0.1, -0.05) is 36.4 Å². The molecule has 0 saturated carbocycles. The minimum atomic E-state index is -0.604. The van der Waals surface area contributed by atoms with Gasteiger partial charge in [0.2, 0.25) is 5.43 Å². The van der Waals surface area contributed by atoms with Crippen molar-refractivity contribution in [2.45, 2.75) is 6.92 Å². The molecule has 168 valence electrons. The molecule has 4 aromatic rings. The van der Waals surface area contributed by atoms with Gasteiger partial charge >= 0.3 is 5.97 Å². The fourth-order valence-corrected chi connectivity index (χ4v) is 4.67. The molecule has 0 atom stereocenters. The number of nitrogens with zero attached hydrogens (tertiary/aromatic N) is 1. The topological polar surface area (TPSA) is 86.6 Å². The predicted molar refractivity (Wildman–Crippen MR) is 129 cm³/mol. The molecule has 0 spiro atoms. The summed E-state index contributed by atoms with van der Waals surface area (Å²) >= 11 is 1.21. The minimum absolute atomic E-state index is 0.0391. The largest absolute Gasteiger partial charge is 0.495 e. The van der Waals surface area contributed by atoms with Gasteiger partial charge in [0, 0.05) is 24.2 Å². The monoisotopic (exact) mass is 462 g/mol. The maximum absolute atomic E-state index is 13.2. The van der Waals surface area contributed by atoms with E-state index in [-0.39, 0.29) is 17.7 Å². The van der Waals surface area contributed by atoms with E-state index in [9.17, 15) is 14.4 Å². The van der Waals surface area contributed by atoms with Crippen molar-refractivity contribution in [2.24, 2.45) is 7.05 Å². The van der Waals surface area contributed by atoms with Gasteiger partial charge in [-0.25, -0.2) is 4.79 Å². The maximum Gasteiger partial charge on any atom is 0.341 e. The lowest BCUT2D eigenvalue weighted by Gasteiger charge is -2.13. The number of rotatable bonds is 6. The first-order valence-electron chi connectivity index (χ1n) is 10.3. The molecule has 2 aromatic heterocycles. The van der Waals surface area contributed by atoms with Crippen LogP contribution in [0.4, 0.5) is 5.00 Å². The van der Waals surface area contributed by atoms with Crippen LogP contribution in [0.15, 0.2) is 64.9 Å². The number of para-hydroxylation sites is 1. The first-order valence-corrected chi connectivity index (χ1v) is 11.2. The van der Waals surface area contributed by atoms with Gasteiger partial charge in [0.1, 0.15) is 21.9 Å². The van der Waals surface area contributed by atoms with E-state index in [0.717, 1.165) is 5.56 Å². The maximum atomic E-state index is 13.2. The van der Waals surface area contributed by atoms with Crippen molar-refractivity contribution in [2.75, 3.05) is 19.0 Å². The summed E-state index contributed by atoms with van der Waals surface area (Å²) in [6.45, 7) is 1.92. The molecule has 1 amide bonds. The molecule has 0 radical (unpaired) electrons. The Bertz CT molecular complexity index is 1410. The zero-order valence-corrected chi connectivity index (χ0v) is 19.2. The number of aromatic nitrogens is 1. The Balaban J connectivity index is 1.77. The fraction of sp³-hybridized carbons (Fsp3) is 0.160. The zero-order chi connectivity index (χ0) is 23.5. The number of nitrogens with one attached hydrogen (secondary N) is 1. The average Bonchev–Trinajstić information content (AvgIpc) is 3.25. The van der Waals surface area contributed by atoms with Crippen molar-refractivity contribution in [3.63, 3.8) is 0 Å².